The van der Waals surface area contributed by atoms with E-state index in [1.165, 1.54) is 15.6 Å². The van der Waals surface area contributed by atoms with Crippen LogP contribution < -0.4 is 0 Å². The molecule has 0 bridgehead atoms. The fourth-order valence-corrected chi connectivity index (χ4v) is 2.93. The Balaban J connectivity index is 2.28. The van der Waals surface area contributed by atoms with Crippen LogP contribution in [0.1, 0.15) is 10.4 Å². The van der Waals surface area contributed by atoms with Gasteiger partial charge in [-0.2, -0.15) is 0 Å². The summed E-state index contributed by atoms with van der Waals surface area (Å²) in [6, 6.07) is 14.8. The second-order valence-corrected chi connectivity index (χ2v) is 5.24. The van der Waals surface area contributed by atoms with Crippen molar-refractivity contribution in [3.8, 4) is 0 Å². The fraction of sp³-hybridized carbons (Fsp3) is 0. The van der Waals surface area contributed by atoms with Crippen molar-refractivity contribution in [2.45, 2.75) is 0 Å². The van der Waals surface area contributed by atoms with Crippen molar-refractivity contribution in [2.75, 3.05) is 0 Å². The molecule has 1 aromatic heterocycles. The van der Waals surface area contributed by atoms with E-state index in [1.807, 2.05) is 11.3 Å². The average Bonchev–Trinajstić information content (AvgIpc) is 2.72. The topological polar surface area (TPSA) is 0 Å². The molecule has 0 aliphatic rings. The van der Waals surface area contributed by atoms with Crippen LogP contribution in [-0.2, 0) is 0 Å². The van der Waals surface area contributed by atoms with Gasteiger partial charge >= 0.3 is 0 Å². The third kappa shape index (κ3) is 2.22. The number of hydrogen-bond acceptors (Lipinski definition) is 1. The minimum absolute atomic E-state index is 1.10. The van der Waals surface area contributed by atoms with Gasteiger partial charge in [0.2, 0.25) is 0 Å². The van der Waals surface area contributed by atoms with Crippen LogP contribution in [0.4, 0.5) is 0 Å². The fourth-order valence-electron chi connectivity index (χ4n) is 1.37. The summed E-state index contributed by atoms with van der Waals surface area (Å²) in [6.07, 6.45) is 2.28. The summed E-state index contributed by atoms with van der Waals surface area (Å²) in [4.78, 5) is 1.40. The lowest BCUT2D eigenvalue weighted by Crippen LogP contribution is -1.78. The van der Waals surface area contributed by atoms with E-state index < -0.39 is 0 Å². The highest BCUT2D eigenvalue weighted by Gasteiger charge is 1.95. The molecule has 2 rings (SSSR count). The molecule has 0 radical (unpaired) electrons. The van der Waals surface area contributed by atoms with Crippen molar-refractivity contribution in [1.29, 1.82) is 0 Å². The van der Waals surface area contributed by atoms with Gasteiger partial charge in [-0.15, -0.1) is 11.3 Å². The van der Waals surface area contributed by atoms with Gasteiger partial charge < -0.3 is 0 Å². The maximum absolute atomic E-state index is 2.28. The molecule has 0 N–H and O–H groups in total. The van der Waals surface area contributed by atoms with Crippen LogP contribution in [0, 0.1) is 0 Å². The van der Waals surface area contributed by atoms with Gasteiger partial charge in [0.25, 0.3) is 0 Å². The molecule has 0 aliphatic carbocycles. The third-order valence-electron chi connectivity index (χ3n) is 2.09. The Kier molecular flexibility index (Phi) is 2.96. The summed E-state index contributed by atoms with van der Waals surface area (Å²) < 4.78 is 0. The first kappa shape index (κ1) is 9.43. The molecule has 0 fully saturated rings. The second kappa shape index (κ2) is 4.40. The first-order valence-corrected chi connectivity index (χ1v) is 6.51. The predicted octanol–water partition coefficient (Wildman–Crippen LogP) is 2.61. The summed E-state index contributed by atoms with van der Waals surface area (Å²) in [7, 11) is 1.10. The van der Waals surface area contributed by atoms with Crippen LogP contribution in [0.25, 0.3) is 11.3 Å². The van der Waals surface area contributed by atoms with E-state index in [1.54, 1.807) is 0 Å². The van der Waals surface area contributed by atoms with Gasteiger partial charge in [-0.25, -0.2) is 0 Å². The Morgan fingerprint density at radius 3 is 2.50 bits per heavy atom. The first-order chi connectivity index (χ1) is 6.86. The van der Waals surface area contributed by atoms with Gasteiger partial charge in [0, 0.05) is 15.1 Å². The van der Waals surface area contributed by atoms with Crippen molar-refractivity contribution in [2.24, 2.45) is 0 Å². The third-order valence-corrected chi connectivity index (χ3v) is 4.29. The normalized spacial score (nSPS) is 11.9. The smallest absolute Gasteiger partial charge is 0.0403 e. The molecule has 2 aromatic rings. The maximum Gasteiger partial charge on any atom is 0.0403 e. The molecule has 0 spiro atoms. The van der Waals surface area contributed by atoms with Crippen LogP contribution in [0.15, 0.2) is 47.8 Å². The minimum atomic E-state index is 1.10. The van der Waals surface area contributed by atoms with Crippen LogP contribution in [-0.4, -0.2) is 10.2 Å². The van der Waals surface area contributed by atoms with Crippen LogP contribution in [0.3, 0.4) is 0 Å². The molecule has 14 heavy (non-hydrogen) atoms. The van der Waals surface area contributed by atoms with Crippen LogP contribution in [0.5, 0.6) is 0 Å². The Morgan fingerprint density at radius 1 is 1.07 bits per heavy atom. The zero-order valence-corrected chi connectivity index (χ0v) is 10.9. The largest absolute Gasteiger partial charge is 0.145 e. The highest BCUT2D eigenvalue weighted by atomic mass is 32.1. The Labute approximate surface area is 91.3 Å². The van der Waals surface area contributed by atoms with Crippen molar-refractivity contribution in [1.82, 2.24) is 0 Å². The highest BCUT2D eigenvalue weighted by molar-refractivity contribution is 7.11. The zero-order chi connectivity index (χ0) is 9.80. The summed E-state index contributed by atoms with van der Waals surface area (Å²) >= 11 is 1.82. The van der Waals surface area contributed by atoms with E-state index in [-0.39, 0.29) is 0 Å². The van der Waals surface area contributed by atoms with Gasteiger partial charge in [0.1, 0.15) is 0 Å². The van der Waals surface area contributed by atoms with Crippen LogP contribution in [0.2, 0.25) is 0 Å². The highest BCUT2D eigenvalue weighted by Crippen LogP contribution is 2.19. The van der Waals surface area contributed by atoms with Crippen molar-refractivity contribution < 1.29 is 0 Å². The molecular formula is C12H12SSi. The first-order valence-electron chi connectivity index (χ1n) is 4.63. The molecule has 0 aliphatic heterocycles. The molecule has 1 heterocycles. The summed E-state index contributed by atoms with van der Waals surface area (Å²) in [5, 5.41) is 3.60. The van der Waals surface area contributed by atoms with Gasteiger partial charge in [-0.05, 0) is 17.0 Å². The lowest BCUT2D eigenvalue weighted by Gasteiger charge is -1.97. The summed E-state index contributed by atoms with van der Waals surface area (Å²) in [5.41, 5.74) is 1.30. The average molecular weight is 216 g/mol. The molecular weight excluding hydrogens is 204 g/mol. The molecule has 70 valence electrons. The molecule has 0 saturated heterocycles. The standard InChI is InChI=1S/C12H12SSi/c14-12(11-7-4-8-13-11)9-10-5-2-1-3-6-10/h1-9H,14H3. The molecule has 1 aromatic carbocycles. The Bertz CT molecular complexity index is 415. The van der Waals surface area contributed by atoms with E-state index >= 15 is 0 Å². The molecule has 0 atom stereocenters. The number of thiophene rings is 1. The van der Waals surface area contributed by atoms with E-state index in [2.05, 4.69) is 53.9 Å². The van der Waals surface area contributed by atoms with Gasteiger partial charge in [0.05, 0.1) is 0 Å². The zero-order valence-electron chi connectivity index (χ0n) is 8.10. The Hall–Kier alpha value is -1.12. The molecule has 0 unspecified atom stereocenters. The number of hydrogen-bond donors (Lipinski definition) is 0. The van der Waals surface area contributed by atoms with E-state index in [0.717, 1.165) is 10.2 Å². The van der Waals surface area contributed by atoms with Gasteiger partial charge in [-0.1, -0.05) is 47.7 Å². The van der Waals surface area contributed by atoms with Crippen molar-refractivity contribution >= 4 is 32.9 Å². The van der Waals surface area contributed by atoms with E-state index in [4.69, 9.17) is 0 Å². The Morgan fingerprint density at radius 2 is 1.86 bits per heavy atom. The van der Waals surface area contributed by atoms with Crippen molar-refractivity contribution in [3.63, 3.8) is 0 Å². The van der Waals surface area contributed by atoms with E-state index in [0.29, 0.717) is 0 Å². The minimum Gasteiger partial charge on any atom is -0.145 e. The lowest BCUT2D eigenvalue weighted by molar-refractivity contribution is 1.66. The van der Waals surface area contributed by atoms with Gasteiger partial charge in [0.15, 0.2) is 0 Å². The quantitative estimate of drug-likeness (QED) is 0.677. The summed E-state index contributed by atoms with van der Waals surface area (Å²) in [6.45, 7) is 0. The molecule has 0 nitrogen and oxygen atoms in total. The SMILES string of the molecule is [SiH3]C(=Cc1ccccc1)c1cccs1. The molecule has 2 heteroatoms. The number of rotatable bonds is 2. The van der Waals surface area contributed by atoms with E-state index in [9.17, 15) is 0 Å². The van der Waals surface area contributed by atoms with Crippen molar-refractivity contribution in [3.05, 3.63) is 58.3 Å². The predicted molar refractivity (Wildman–Crippen MR) is 68.6 cm³/mol. The maximum atomic E-state index is 2.28. The van der Waals surface area contributed by atoms with Crippen LogP contribution >= 0.6 is 11.3 Å². The molecule has 0 amide bonds. The lowest BCUT2D eigenvalue weighted by atomic mass is 10.2. The molecule has 0 saturated carbocycles. The van der Waals surface area contributed by atoms with Gasteiger partial charge in [-0.3, -0.25) is 0 Å². The second-order valence-electron chi connectivity index (χ2n) is 3.22. The monoisotopic (exact) mass is 216 g/mol. The number of benzene rings is 1. The summed E-state index contributed by atoms with van der Waals surface area (Å²) in [5.74, 6) is 0.